The van der Waals surface area contributed by atoms with Crippen LogP contribution in [0.3, 0.4) is 0 Å². The number of benzene rings is 2. The minimum atomic E-state index is -0.461. The monoisotopic (exact) mass is 540 g/mol. The summed E-state index contributed by atoms with van der Waals surface area (Å²) in [4.78, 5) is 16.9. The number of amides is 1. The second kappa shape index (κ2) is 11.8. The van der Waals surface area contributed by atoms with Crippen LogP contribution in [0.25, 0.3) is 6.08 Å². The zero-order chi connectivity index (χ0) is 26.5. The number of carbonyl (C=O) groups excluding carboxylic acids is 1. The van der Waals surface area contributed by atoms with Gasteiger partial charge in [-0.1, -0.05) is 31.5 Å². The molecule has 0 radical (unpaired) electrons. The van der Waals surface area contributed by atoms with Crippen LogP contribution in [-0.4, -0.2) is 46.8 Å². The topological polar surface area (TPSA) is 96.6 Å². The fraction of sp³-hybridized carbons (Fsp3) is 0.333. The van der Waals surface area contributed by atoms with Gasteiger partial charge in [-0.3, -0.25) is 10.2 Å². The first-order valence-corrected chi connectivity index (χ1v) is 13.2. The van der Waals surface area contributed by atoms with Gasteiger partial charge in [0.25, 0.3) is 5.91 Å². The Labute approximate surface area is 225 Å². The molecule has 0 atom stereocenters. The summed E-state index contributed by atoms with van der Waals surface area (Å²) in [5.74, 6) is 1.78. The second-order valence-corrected chi connectivity index (χ2v) is 10.3. The molecule has 0 saturated heterocycles. The number of fused-ring (bicyclic) bond motifs is 1. The molecule has 0 aliphatic carbocycles. The van der Waals surface area contributed by atoms with E-state index in [2.05, 4.69) is 23.9 Å². The standard InChI is InChI=1S/C27H29ClN4O4S/c1-5-34-23-15-18(6-9-22(23)36-11-10-35-19-7-8-21(28)17(4)13-19)14-20-25(29)32-27(30-26(20)33)37-24(31-32)12-16(2)3/h6-9,13-16,29H,5,10-12H2,1-4H3/b20-14-,29-25?. The maximum Gasteiger partial charge on any atom is 0.283 e. The van der Waals surface area contributed by atoms with E-state index < -0.39 is 5.91 Å². The number of halogens is 1. The summed E-state index contributed by atoms with van der Waals surface area (Å²) < 4.78 is 17.4. The number of carbonyl (C=O) groups is 1. The van der Waals surface area contributed by atoms with Crippen molar-refractivity contribution in [3.05, 3.63) is 58.1 Å². The largest absolute Gasteiger partial charge is 0.490 e. The number of hydrazone groups is 1. The van der Waals surface area contributed by atoms with Crippen molar-refractivity contribution in [2.45, 2.75) is 34.1 Å². The summed E-state index contributed by atoms with van der Waals surface area (Å²) in [7, 11) is 0. The predicted molar refractivity (Wildman–Crippen MR) is 149 cm³/mol. The van der Waals surface area contributed by atoms with Gasteiger partial charge in [-0.25, -0.2) is 0 Å². The van der Waals surface area contributed by atoms with Crippen molar-refractivity contribution in [2.75, 3.05) is 19.8 Å². The Bertz CT molecular complexity index is 1310. The Hall–Kier alpha value is -3.30. The molecule has 2 aliphatic heterocycles. The Morgan fingerprint density at radius 3 is 2.62 bits per heavy atom. The first kappa shape index (κ1) is 26.8. The lowest BCUT2D eigenvalue weighted by molar-refractivity contribution is -0.114. The van der Waals surface area contributed by atoms with Crippen molar-refractivity contribution in [1.82, 2.24) is 5.01 Å². The number of nitrogens with one attached hydrogen (secondary N) is 1. The van der Waals surface area contributed by atoms with Crippen LogP contribution in [0, 0.1) is 18.3 Å². The van der Waals surface area contributed by atoms with Crippen LogP contribution >= 0.6 is 23.4 Å². The van der Waals surface area contributed by atoms with E-state index in [-0.39, 0.29) is 11.4 Å². The van der Waals surface area contributed by atoms with Crippen LogP contribution in [-0.2, 0) is 4.79 Å². The van der Waals surface area contributed by atoms with Crippen LogP contribution in [0.15, 0.2) is 52.1 Å². The van der Waals surface area contributed by atoms with Crippen molar-refractivity contribution < 1.29 is 19.0 Å². The molecule has 0 unspecified atom stereocenters. The van der Waals surface area contributed by atoms with Crippen molar-refractivity contribution in [3.8, 4) is 17.2 Å². The third-order valence-electron chi connectivity index (χ3n) is 5.40. The summed E-state index contributed by atoms with van der Waals surface area (Å²) in [6.45, 7) is 9.10. The quantitative estimate of drug-likeness (QED) is 0.286. The molecule has 2 aromatic carbocycles. The molecule has 0 fully saturated rings. The lowest BCUT2D eigenvalue weighted by atomic mass is 10.1. The van der Waals surface area contributed by atoms with Gasteiger partial charge in [0.1, 0.15) is 24.0 Å². The smallest absolute Gasteiger partial charge is 0.283 e. The van der Waals surface area contributed by atoms with Gasteiger partial charge in [-0.05, 0) is 79.1 Å². The molecule has 10 heteroatoms. The Kier molecular flexibility index (Phi) is 8.56. The summed E-state index contributed by atoms with van der Waals surface area (Å²) in [6, 6.07) is 10.9. The van der Waals surface area contributed by atoms with E-state index in [1.54, 1.807) is 30.3 Å². The van der Waals surface area contributed by atoms with Crippen LogP contribution in [0.5, 0.6) is 17.2 Å². The van der Waals surface area contributed by atoms with Gasteiger partial charge >= 0.3 is 0 Å². The SMILES string of the molecule is CCOc1cc(/C=C2/C(=N)N3N=C(CC(C)C)SC3=NC2=O)ccc1OCCOc1ccc(Cl)c(C)c1. The van der Waals surface area contributed by atoms with E-state index in [9.17, 15) is 4.79 Å². The second-order valence-electron chi connectivity index (χ2n) is 8.86. The van der Waals surface area contributed by atoms with Gasteiger partial charge in [-0.2, -0.15) is 15.1 Å². The Balaban J connectivity index is 1.45. The number of rotatable bonds is 10. The molecular formula is C27H29ClN4O4S. The molecule has 0 bridgehead atoms. The number of amidine groups is 2. The molecule has 194 valence electrons. The molecule has 2 aromatic rings. The lowest BCUT2D eigenvalue weighted by Crippen LogP contribution is -2.35. The molecule has 8 nitrogen and oxygen atoms in total. The van der Waals surface area contributed by atoms with Gasteiger partial charge in [0.15, 0.2) is 17.3 Å². The number of hydrogen-bond acceptors (Lipinski definition) is 7. The Morgan fingerprint density at radius 2 is 1.89 bits per heavy atom. The average molecular weight is 541 g/mol. The van der Waals surface area contributed by atoms with Gasteiger partial charge < -0.3 is 14.2 Å². The van der Waals surface area contributed by atoms with E-state index in [0.29, 0.717) is 53.0 Å². The zero-order valence-electron chi connectivity index (χ0n) is 21.2. The highest BCUT2D eigenvalue weighted by Gasteiger charge is 2.35. The molecule has 2 heterocycles. The van der Waals surface area contributed by atoms with Gasteiger partial charge in [0, 0.05) is 11.4 Å². The average Bonchev–Trinajstić information content (AvgIpc) is 3.24. The molecular weight excluding hydrogens is 512 g/mol. The molecule has 0 aromatic heterocycles. The van der Waals surface area contributed by atoms with Crippen molar-refractivity contribution in [3.63, 3.8) is 0 Å². The minimum absolute atomic E-state index is 0.00845. The third-order valence-corrected chi connectivity index (χ3v) is 6.75. The first-order valence-electron chi connectivity index (χ1n) is 12.0. The van der Waals surface area contributed by atoms with Crippen LogP contribution in [0.4, 0.5) is 0 Å². The third kappa shape index (κ3) is 6.53. The number of ether oxygens (including phenoxy) is 3. The van der Waals surface area contributed by atoms with E-state index in [4.69, 9.17) is 31.2 Å². The van der Waals surface area contributed by atoms with Crippen molar-refractivity contribution in [2.24, 2.45) is 16.0 Å². The highest BCUT2D eigenvalue weighted by molar-refractivity contribution is 8.26. The maximum atomic E-state index is 12.7. The number of hydrogen-bond donors (Lipinski definition) is 1. The molecule has 1 N–H and O–H groups in total. The summed E-state index contributed by atoms with van der Waals surface area (Å²) in [5.41, 5.74) is 1.80. The summed E-state index contributed by atoms with van der Waals surface area (Å²) in [6.07, 6.45) is 2.40. The zero-order valence-corrected chi connectivity index (χ0v) is 22.8. The van der Waals surface area contributed by atoms with Gasteiger partial charge in [0.05, 0.1) is 12.2 Å². The van der Waals surface area contributed by atoms with Gasteiger partial charge in [0.2, 0.25) is 5.17 Å². The minimum Gasteiger partial charge on any atom is -0.490 e. The normalized spacial score (nSPS) is 16.2. The molecule has 1 amide bonds. The lowest BCUT2D eigenvalue weighted by Gasteiger charge is -2.20. The highest BCUT2D eigenvalue weighted by atomic mass is 35.5. The predicted octanol–water partition coefficient (Wildman–Crippen LogP) is 6.17. The number of aryl methyl sites for hydroxylation is 1. The highest BCUT2D eigenvalue weighted by Crippen LogP contribution is 2.33. The molecule has 2 aliphatic rings. The fourth-order valence-corrected chi connectivity index (χ4v) is 4.86. The molecule has 4 rings (SSSR count). The first-order chi connectivity index (χ1) is 17.7. The van der Waals surface area contributed by atoms with E-state index in [0.717, 1.165) is 22.8 Å². The van der Waals surface area contributed by atoms with Gasteiger partial charge in [-0.15, -0.1) is 0 Å². The number of aliphatic imine (C=N–C) groups is 1. The number of nitrogens with zero attached hydrogens (tertiary/aromatic N) is 3. The number of thioether (sulfide) groups is 1. The van der Waals surface area contributed by atoms with Crippen LogP contribution in [0.1, 0.15) is 38.3 Å². The van der Waals surface area contributed by atoms with E-state index in [1.807, 2.05) is 26.0 Å². The van der Waals surface area contributed by atoms with E-state index >= 15 is 0 Å². The summed E-state index contributed by atoms with van der Waals surface area (Å²) in [5, 5.41) is 16.5. The molecule has 0 spiro atoms. The fourth-order valence-electron chi connectivity index (χ4n) is 3.65. The van der Waals surface area contributed by atoms with E-state index in [1.165, 1.54) is 16.8 Å². The van der Waals surface area contributed by atoms with Crippen molar-refractivity contribution >= 4 is 51.4 Å². The Morgan fingerprint density at radius 1 is 1.11 bits per heavy atom. The van der Waals surface area contributed by atoms with Crippen molar-refractivity contribution in [1.29, 1.82) is 5.41 Å². The summed E-state index contributed by atoms with van der Waals surface area (Å²) >= 11 is 7.40. The van der Waals surface area contributed by atoms with Crippen LogP contribution in [0.2, 0.25) is 5.02 Å². The molecule has 37 heavy (non-hydrogen) atoms. The maximum absolute atomic E-state index is 12.7. The van der Waals surface area contributed by atoms with Crippen LogP contribution < -0.4 is 14.2 Å². The molecule has 0 saturated carbocycles.